The fourth-order valence-corrected chi connectivity index (χ4v) is 3.37. The minimum absolute atomic E-state index is 0.0827. The number of benzene rings is 1. The Labute approximate surface area is 173 Å². The molecule has 1 unspecified atom stereocenters. The van der Waals surface area contributed by atoms with Crippen molar-refractivity contribution in [2.24, 2.45) is 0 Å². The summed E-state index contributed by atoms with van der Waals surface area (Å²) in [5, 5.41) is 4.38. The molecule has 1 atom stereocenters. The maximum Gasteiger partial charge on any atom is 0.263 e. The lowest BCUT2D eigenvalue weighted by Gasteiger charge is -2.36. The van der Waals surface area contributed by atoms with Crippen LogP contribution >= 0.6 is 0 Å². The van der Waals surface area contributed by atoms with Crippen LogP contribution in [-0.4, -0.2) is 62.8 Å². The number of anilines is 1. The molecule has 1 aromatic carbocycles. The van der Waals surface area contributed by atoms with Gasteiger partial charge in [-0.2, -0.15) is 5.10 Å². The molecule has 3 aromatic rings. The maximum atomic E-state index is 13.8. The van der Waals surface area contributed by atoms with Gasteiger partial charge in [0, 0.05) is 38.4 Å². The number of ether oxygens (including phenoxy) is 1. The van der Waals surface area contributed by atoms with Crippen LogP contribution in [0.2, 0.25) is 0 Å². The molecule has 2 aromatic heterocycles. The van der Waals surface area contributed by atoms with Gasteiger partial charge in [-0.3, -0.25) is 4.79 Å². The van der Waals surface area contributed by atoms with Gasteiger partial charge in [-0.05, 0) is 32.0 Å². The fraction of sp³-hybridized carbons (Fsp3) is 0.333. The standard InChI is InChI=1S/C21H23FN6O2/c1-15-7-8-28(25-15)20-13-19(23-14-24-20)26-9-11-27(12-10-26)21(29)16(2)30-18-6-4-3-5-17(18)22/h3-8,13-14,16H,9-12H2,1-2H3. The number of aromatic nitrogens is 4. The minimum atomic E-state index is -0.762. The van der Waals surface area contributed by atoms with Crippen molar-refractivity contribution in [1.29, 1.82) is 0 Å². The first kappa shape index (κ1) is 19.8. The van der Waals surface area contributed by atoms with E-state index in [4.69, 9.17) is 4.74 Å². The summed E-state index contributed by atoms with van der Waals surface area (Å²) in [6.07, 6.45) is 2.61. The summed E-state index contributed by atoms with van der Waals surface area (Å²) in [7, 11) is 0. The van der Waals surface area contributed by atoms with Crippen LogP contribution in [0.5, 0.6) is 5.75 Å². The normalized spacial score (nSPS) is 15.2. The molecule has 0 bridgehead atoms. The first-order valence-electron chi connectivity index (χ1n) is 9.81. The highest BCUT2D eigenvalue weighted by Crippen LogP contribution is 2.19. The molecule has 0 N–H and O–H groups in total. The van der Waals surface area contributed by atoms with Gasteiger partial charge in [0.1, 0.15) is 12.1 Å². The lowest BCUT2D eigenvalue weighted by atomic mass is 10.2. The molecule has 1 fully saturated rings. The second-order valence-electron chi connectivity index (χ2n) is 7.14. The van der Waals surface area contributed by atoms with Crippen LogP contribution in [0.4, 0.5) is 10.2 Å². The lowest BCUT2D eigenvalue weighted by Crippen LogP contribution is -2.52. The van der Waals surface area contributed by atoms with Gasteiger partial charge >= 0.3 is 0 Å². The zero-order valence-corrected chi connectivity index (χ0v) is 16.9. The Hall–Kier alpha value is -3.49. The number of hydrogen-bond donors (Lipinski definition) is 0. The summed E-state index contributed by atoms with van der Waals surface area (Å²) in [4.78, 5) is 25.2. The maximum absolute atomic E-state index is 13.8. The molecule has 1 aliphatic heterocycles. The largest absolute Gasteiger partial charge is 0.478 e. The predicted molar refractivity (Wildman–Crippen MR) is 109 cm³/mol. The van der Waals surface area contributed by atoms with Gasteiger partial charge in [-0.25, -0.2) is 19.0 Å². The number of aryl methyl sites for hydroxylation is 1. The number of carbonyl (C=O) groups is 1. The van der Waals surface area contributed by atoms with Crippen LogP contribution in [0, 0.1) is 12.7 Å². The molecule has 9 heteroatoms. The first-order chi connectivity index (χ1) is 14.5. The third kappa shape index (κ3) is 4.24. The summed E-state index contributed by atoms with van der Waals surface area (Å²) in [6, 6.07) is 9.89. The second-order valence-corrected chi connectivity index (χ2v) is 7.14. The van der Waals surface area contributed by atoms with Gasteiger partial charge in [0.25, 0.3) is 5.91 Å². The second kappa shape index (κ2) is 8.48. The molecule has 1 aliphatic rings. The lowest BCUT2D eigenvalue weighted by molar-refractivity contribution is -0.138. The minimum Gasteiger partial charge on any atom is -0.478 e. The van der Waals surface area contributed by atoms with Crippen LogP contribution < -0.4 is 9.64 Å². The quantitative estimate of drug-likeness (QED) is 0.642. The molecule has 0 aliphatic carbocycles. The van der Waals surface area contributed by atoms with E-state index in [0.717, 1.165) is 11.5 Å². The van der Waals surface area contributed by atoms with Crippen molar-refractivity contribution in [3.8, 4) is 11.6 Å². The SMILES string of the molecule is Cc1ccn(-c2cc(N3CCN(C(=O)C(C)Oc4ccccc4F)CC3)ncn2)n1. The van der Waals surface area contributed by atoms with E-state index in [1.807, 2.05) is 25.3 Å². The third-order valence-electron chi connectivity index (χ3n) is 5.00. The number of amides is 1. The van der Waals surface area contributed by atoms with Gasteiger partial charge in [0.2, 0.25) is 0 Å². The summed E-state index contributed by atoms with van der Waals surface area (Å²) in [6.45, 7) is 5.89. The summed E-state index contributed by atoms with van der Waals surface area (Å²) >= 11 is 0. The highest BCUT2D eigenvalue weighted by atomic mass is 19.1. The number of piperazine rings is 1. The average molecular weight is 410 g/mol. The molecule has 4 rings (SSSR count). The van der Waals surface area contributed by atoms with E-state index in [0.29, 0.717) is 32.0 Å². The molecule has 30 heavy (non-hydrogen) atoms. The highest BCUT2D eigenvalue weighted by molar-refractivity contribution is 5.81. The Morgan fingerprint density at radius 2 is 1.83 bits per heavy atom. The number of nitrogens with zero attached hydrogens (tertiary/aromatic N) is 6. The summed E-state index contributed by atoms with van der Waals surface area (Å²) < 4.78 is 21.0. The van der Waals surface area contributed by atoms with Crippen molar-refractivity contribution in [1.82, 2.24) is 24.6 Å². The molecule has 8 nitrogen and oxygen atoms in total. The van der Waals surface area contributed by atoms with Crippen molar-refractivity contribution in [3.63, 3.8) is 0 Å². The predicted octanol–water partition coefficient (Wildman–Crippen LogP) is 2.23. The van der Waals surface area contributed by atoms with Gasteiger partial charge in [0.05, 0.1) is 5.69 Å². The zero-order chi connectivity index (χ0) is 21.1. The summed E-state index contributed by atoms with van der Waals surface area (Å²) in [5.74, 6) is 0.927. The van der Waals surface area contributed by atoms with Crippen molar-refractivity contribution in [3.05, 3.63) is 60.4 Å². The average Bonchev–Trinajstić information content (AvgIpc) is 3.21. The van der Waals surface area contributed by atoms with Gasteiger partial charge < -0.3 is 14.5 Å². The van der Waals surface area contributed by atoms with Crippen LogP contribution in [0.25, 0.3) is 5.82 Å². The number of rotatable bonds is 5. The van der Waals surface area contributed by atoms with E-state index in [1.165, 1.54) is 18.5 Å². The van der Waals surface area contributed by atoms with Crippen LogP contribution in [0.3, 0.4) is 0 Å². The first-order valence-corrected chi connectivity index (χ1v) is 9.81. The Bertz CT molecular complexity index is 1030. The molecule has 0 saturated carbocycles. The summed E-state index contributed by atoms with van der Waals surface area (Å²) in [5.41, 5.74) is 0.911. The smallest absolute Gasteiger partial charge is 0.263 e. The Balaban J connectivity index is 1.37. The van der Waals surface area contributed by atoms with Crippen LogP contribution in [0.1, 0.15) is 12.6 Å². The van der Waals surface area contributed by atoms with E-state index in [9.17, 15) is 9.18 Å². The Morgan fingerprint density at radius 1 is 1.10 bits per heavy atom. The molecule has 1 amide bonds. The molecular formula is C21H23FN6O2. The number of carbonyl (C=O) groups excluding carboxylic acids is 1. The van der Waals surface area contributed by atoms with E-state index in [1.54, 1.807) is 28.6 Å². The van der Waals surface area contributed by atoms with E-state index >= 15 is 0 Å². The number of hydrogen-bond acceptors (Lipinski definition) is 6. The van der Waals surface area contributed by atoms with Gasteiger partial charge in [-0.15, -0.1) is 0 Å². The molecule has 0 spiro atoms. The topological polar surface area (TPSA) is 76.4 Å². The zero-order valence-electron chi connectivity index (χ0n) is 16.9. The monoisotopic (exact) mass is 410 g/mol. The van der Waals surface area contributed by atoms with Gasteiger partial charge in [-0.1, -0.05) is 12.1 Å². The third-order valence-corrected chi connectivity index (χ3v) is 5.00. The van der Waals surface area contributed by atoms with Crippen molar-refractivity contribution in [2.75, 3.05) is 31.1 Å². The molecule has 3 heterocycles. The van der Waals surface area contributed by atoms with Crippen molar-refractivity contribution < 1.29 is 13.9 Å². The van der Waals surface area contributed by atoms with Crippen LogP contribution in [-0.2, 0) is 4.79 Å². The van der Waals surface area contributed by atoms with E-state index < -0.39 is 11.9 Å². The molecule has 156 valence electrons. The highest BCUT2D eigenvalue weighted by Gasteiger charge is 2.27. The molecule has 0 radical (unpaired) electrons. The molecular weight excluding hydrogens is 387 g/mol. The van der Waals surface area contributed by atoms with Gasteiger partial charge in [0.15, 0.2) is 23.5 Å². The van der Waals surface area contributed by atoms with E-state index in [-0.39, 0.29) is 11.7 Å². The number of halogens is 1. The Morgan fingerprint density at radius 3 is 2.53 bits per heavy atom. The number of para-hydroxylation sites is 1. The van der Waals surface area contributed by atoms with E-state index in [2.05, 4.69) is 20.0 Å². The van der Waals surface area contributed by atoms with Crippen molar-refractivity contribution >= 4 is 11.7 Å². The van der Waals surface area contributed by atoms with Crippen molar-refractivity contribution in [2.45, 2.75) is 20.0 Å². The molecule has 1 saturated heterocycles. The Kier molecular flexibility index (Phi) is 5.60. The fourth-order valence-electron chi connectivity index (χ4n) is 3.37. The van der Waals surface area contributed by atoms with Crippen LogP contribution in [0.15, 0.2) is 48.9 Å².